The van der Waals surface area contributed by atoms with Gasteiger partial charge in [-0.2, -0.15) is 0 Å². The lowest BCUT2D eigenvalue weighted by Crippen LogP contribution is -2.46. The zero-order valence-corrected chi connectivity index (χ0v) is 15.6. The highest BCUT2D eigenvalue weighted by Gasteiger charge is 2.28. The first kappa shape index (κ1) is 19.2. The maximum absolute atomic E-state index is 14.0. The Bertz CT molecular complexity index is 831. The Morgan fingerprint density at radius 1 is 1.15 bits per heavy atom. The van der Waals surface area contributed by atoms with Gasteiger partial charge < -0.3 is 15.0 Å². The van der Waals surface area contributed by atoms with Crippen LogP contribution < -0.4 is 10.1 Å². The van der Waals surface area contributed by atoms with Crippen molar-refractivity contribution in [3.63, 3.8) is 0 Å². The van der Waals surface area contributed by atoms with Gasteiger partial charge in [0, 0.05) is 19.1 Å². The molecule has 1 heterocycles. The number of nitrogens with one attached hydrogen (secondary N) is 1. The Labute approximate surface area is 162 Å². The fourth-order valence-electron chi connectivity index (χ4n) is 3.18. The molecule has 0 unspecified atom stereocenters. The van der Waals surface area contributed by atoms with Gasteiger partial charge in [0.15, 0.2) is 0 Å². The second kappa shape index (κ2) is 8.39. The molecule has 2 aromatic rings. The van der Waals surface area contributed by atoms with Gasteiger partial charge in [-0.25, -0.2) is 4.39 Å². The van der Waals surface area contributed by atoms with E-state index in [1.807, 2.05) is 0 Å². The van der Waals surface area contributed by atoms with E-state index in [0.717, 1.165) is 0 Å². The lowest BCUT2D eigenvalue weighted by atomic mass is 10.0. The van der Waals surface area contributed by atoms with Crippen molar-refractivity contribution < 1.29 is 18.7 Å². The van der Waals surface area contributed by atoms with E-state index >= 15 is 0 Å². The number of methoxy groups -OCH3 is 1. The fourth-order valence-corrected chi connectivity index (χ4v) is 3.43. The van der Waals surface area contributed by atoms with Gasteiger partial charge in [0.05, 0.1) is 23.3 Å². The number of piperidine rings is 1. The van der Waals surface area contributed by atoms with Crippen LogP contribution in [0.25, 0.3) is 0 Å². The first-order valence-corrected chi connectivity index (χ1v) is 9.06. The topological polar surface area (TPSA) is 58.6 Å². The SMILES string of the molecule is COc1ccccc1C(=O)NC1CCN(C(=O)c2c(F)cccc2Cl)CC1. The molecule has 0 radical (unpaired) electrons. The number of hydrogen-bond donors (Lipinski definition) is 1. The molecule has 0 bridgehead atoms. The van der Waals surface area contributed by atoms with Gasteiger partial charge in [0.1, 0.15) is 11.6 Å². The minimum atomic E-state index is -0.626. The minimum absolute atomic E-state index is 0.0671. The van der Waals surface area contributed by atoms with Gasteiger partial charge in [0.2, 0.25) is 0 Å². The van der Waals surface area contributed by atoms with Crippen molar-refractivity contribution >= 4 is 23.4 Å². The summed E-state index contributed by atoms with van der Waals surface area (Å²) in [4.78, 5) is 26.6. The van der Waals surface area contributed by atoms with E-state index < -0.39 is 11.7 Å². The third-order valence-corrected chi connectivity index (χ3v) is 4.96. The molecular formula is C20H20ClFN2O3. The summed E-state index contributed by atoms with van der Waals surface area (Å²) >= 11 is 5.98. The maximum Gasteiger partial charge on any atom is 0.258 e. The summed E-state index contributed by atoms with van der Waals surface area (Å²) in [5.41, 5.74) is 0.368. The highest BCUT2D eigenvalue weighted by atomic mass is 35.5. The number of para-hydroxylation sites is 1. The third-order valence-electron chi connectivity index (χ3n) is 4.65. The summed E-state index contributed by atoms with van der Waals surface area (Å²) in [5, 5.41) is 3.08. The van der Waals surface area contributed by atoms with Crippen LogP contribution >= 0.6 is 11.6 Å². The molecule has 2 amide bonds. The number of halogens is 2. The predicted molar refractivity (Wildman–Crippen MR) is 101 cm³/mol. The van der Waals surface area contributed by atoms with Crippen LogP contribution in [0, 0.1) is 5.82 Å². The van der Waals surface area contributed by atoms with Crippen molar-refractivity contribution in [2.75, 3.05) is 20.2 Å². The van der Waals surface area contributed by atoms with Gasteiger partial charge in [-0.05, 0) is 37.1 Å². The second-order valence-corrected chi connectivity index (χ2v) is 6.74. The summed E-state index contributed by atoms with van der Waals surface area (Å²) in [6, 6.07) is 11.1. The fraction of sp³-hybridized carbons (Fsp3) is 0.300. The number of benzene rings is 2. The summed E-state index contributed by atoms with van der Waals surface area (Å²) in [6.07, 6.45) is 1.16. The van der Waals surface area contributed by atoms with E-state index in [2.05, 4.69) is 5.32 Å². The number of likely N-dealkylation sites (tertiary alicyclic amines) is 1. The monoisotopic (exact) mass is 390 g/mol. The molecule has 0 saturated carbocycles. The van der Waals surface area contributed by atoms with Crippen molar-refractivity contribution in [2.24, 2.45) is 0 Å². The molecule has 142 valence electrons. The first-order chi connectivity index (χ1) is 13.0. The van der Waals surface area contributed by atoms with E-state index in [0.29, 0.717) is 37.2 Å². The maximum atomic E-state index is 14.0. The quantitative estimate of drug-likeness (QED) is 0.868. The molecule has 0 atom stereocenters. The van der Waals surface area contributed by atoms with Gasteiger partial charge >= 0.3 is 0 Å². The highest BCUT2D eigenvalue weighted by Crippen LogP contribution is 2.23. The number of rotatable bonds is 4. The zero-order chi connectivity index (χ0) is 19.4. The van der Waals surface area contributed by atoms with E-state index in [-0.39, 0.29) is 22.5 Å². The molecule has 7 heteroatoms. The molecule has 1 fully saturated rings. The van der Waals surface area contributed by atoms with Crippen LogP contribution in [0.2, 0.25) is 5.02 Å². The third kappa shape index (κ3) is 4.22. The van der Waals surface area contributed by atoms with Gasteiger partial charge in [0.25, 0.3) is 11.8 Å². The minimum Gasteiger partial charge on any atom is -0.496 e. The Balaban J connectivity index is 1.61. The Hall–Kier alpha value is -2.60. The molecule has 1 aliphatic heterocycles. The average molecular weight is 391 g/mol. The van der Waals surface area contributed by atoms with Gasteiger partial charge in [-0.15, -0.1) is 0 Å². The standard InChI is InChI=1S/C20H20ClFN2O3/c1-27-17-8-3-2-5-14(17)19(25)23-13-9-11-24(12-10-13)20(26)18-15(21)6-4-7-16(18)22/h2-8,13H,9-12H2,1H3,(H,23,25). The lowest BCUT2D eigenvalue weighted by molar-refractivity contribution is 0.0693. The first-order valence-electron chi connectivity index (χ1n) is 8.68. The molecule has 0 spiro atoms. The van der Waals surface area contributed by atoms with Crippen LogP contribution in [0.4, 0.5) is 4.39 Å². The van der Waals surface area contributed by atoms with E-state index in [1.54, 1.807) is 29.2 Å². The molecule has 27 heavy (non-hydrogen) atoms. The highest BCUT2D eigenvalue weighted by molar-refractivity contribution is 6.33. The van der Waals surface area contributed by atoms with Crippen LogP contribution in [0.5, 0.6) is 5.75 Å². The number of carbonyl (C=O) groups excluding carboxylic acids is 2. The van der Waals surface area contributed by atoms with Crippen molar-refractivity contribution in [3.8, 4) is 5.75 Å². The van der Waals surface area contributed by atoms with Gasteiger partial charge in [-0.3, -0.25) is 9.59 Å². The number of ether oxygens (including phenoxy) is 1. The van der Waals surface area contributed by atoms with Crippen molar-refractivity contribution in [2.45, 2.75) is 18.9 Å². The molecule has 1 saturated heterocycles. The van der Waals surface area contributed by atoms with E-state index in [4.69, 9.17) is 16.3 Å². The average Bonchev–Trinajstić information content (AvgIpc) is 2.68. The molecule has 1 aliphatic rings. The smallest absolute Gasteiger partial charge is 0.258 e. The number of hydrogen-bond acceptors (Lipinski definition) is 3. The van der Waals surface area contributed by atoms with Crippen LogP contribution in [0.3, 0.4) is 0 Å². The molecule has 0 aliphatic carbocycles. The van der Waals surface area contributed by atoms with Crippen LogP contribution in [-0.4, -0.2) is 43.0 Å². The van der Waals surface area contributed by atoms with Crippen LogP contribution in [-0.2, 0) is 0 Å². The number of nitrogens with zero attached hydrogens (tertiary/aromatic N) is 1. The van der Waals surface area contributed by atoms with E-state index in [9.17, 15) is 14.0 Å². The Morgan fingerprint density at radius 2 is 1.85 bits per heavy atom. The summed E-state index contributed by atoms with van der Waals surface area (Å²) in [7, 11) is 1.52. The van der Waals surface area contributed by atoms with Crippen LogP contribution in [0.1, 0.15) is 33.6 Å². The van der Waals surface area contributed by atoms with Gasteiger partial charge in [-0.1, -0.05) is 29.8 Å². The molecule has 0 aromatic heterocycles. The Morgan fingerprint density at radius 3 is 2.52 bits per heavy atom. The normalized spacial score (nSPS) is 14.7. The Kier molecular flexibility index (Phi) is 5.96. The summed E-state index contributed by atoms with van der Waals surface area (Å²) in [6.45, 7) is 0.834. The lowest BCUT2D eigenvalue weighted by Gasteiger charge is -2.32. The van der Waals surface area contributed by atoms with Crippen molar-refractivity contribution in [1.82, 2.24) is 10.2 Å². The zero-order valence-electron chi connectivity index (χ0n) is 14.9. The molecular weight excluding hydrogens is 371 g/mol. The second-order valence-electron chi connectivity index (χ2n) is 6.34. The summed E-state index contributed by atoms with van der Waals surface area (Å²) < 4.78 is 19.2. The summed E-state index contributed by atoms with van der Waals surface area (Å²) in [5.74, 6) is -0.752. The van der Waals surface area contributed by atoms with Crippen LogP contribution in [0.15, 0.2) is 42.5 Å². The van der Waals surface area contributed by atoms with Crippen molar-refractivity contribution in [3.05, 3.63) is 64.4 Å². The molecule has 2 aromatic carbocycles. The van der Waals surface area contributed by atoms with E-state index in [1.165, 1.54) is 25.3 Å². The largest absolute Gasteiger partial charge is 0.496 e. The predicted octanol–water partition coefficient (Wildman–Crippen LogP) is 3.52. The number of carbonyl (C=O) groups is 2. The number of amides is 2. The molecule has 5 nitrogen and oxygen atoms in total. The molecule has 3 rings (SSSR count). The van der Waals surface area contributed by atoms with Crippen molar-refractivity contribution in [1.29, 1.82) is 0 Å². The molecule has 1 N–H and O–H groups in total.